The molecule has 19 heavy (non-hydrogen) atoms. The average molecular weight is 270 g/mol. The van der Waals surface area contributed by atoms with Crippen LogP contribution in [0.4, 0.5) is 5.69 Å². The summed E-state index contributed by atoms with van der Waals surface area (Å²) in [6.45, 7) is 0.801. The zero-order chi connectivity index (χ0) is 12.8. The Morgan fingerprint density at radius 3 is 3.00 bits per heavy atom. The molecule has 1 aliphatic rings. The van der Waals surface area contributed by atoms with E-state index in [1.165, 1.54) is 18.7 Å². The monoisotopic (exact) mass is 270 g/mol. The smallest absolute Gasteiger partial charge is 0.113 e. The highest BCUT2D eigenvalue weighted by Gasteiger charge is 2.29. The molecule has 5 heteroatoms. The highest BCUT2D eigenvalue weighted by Crippen LogP contribution is 2.41. The minimum atomic E-state index is 0.618. The van der Waals surface area contributed by atoms with Gasteiger partial charge in [-0.3, -0.25) is 0 Å². The largest absolute Gasteiger partial charge is 0.399 e. The predicted octanol–water partition coefficient (Wildman–Crippen LogP) is 3.00. The molecule has 0 unspecified atom stereocenters. The zero-order valence-corrected chi connectivity index (χ0v) is 11.2. The summed E-state index contributed by atoms with van der Waals surface area (Å²) in [7, 11) is 0. The number of hydrogen-bond donors (Lipinski definition) is 1. The molecule has 2 aromatic heterocycles. The minimum Gasteiger partial charge on any atom is -0.399 e. The molecule has 0 bridgehead atoms. The number of thiazole rings is 1. The van der Waals surface area contributed by atoms with Gasteiger partial charge >= 0.3 is 0 Å². The SMILES string of the molecule is Nc1ccc2c(c1)nc(C1CC1)n2Cc1cscn1. The van der Waals surface area contributed by atoms with Crippen LogP contribution in [0.2, 0.25) is 0 Å². The van der Waals surface area contributed by atoms with E-state index in [1.807, 2.05) is 17.6 Å². The van der Waals surface area contributed by atoms with Crippen LogP contribution in [-0.4, -0.2) is 14.5 Å². The van der Waals surface area contributed by atoms with Crippen LogP contribution in [0, 0.1) is 0 Å². The van der Waals surface area contributed by atoms with Crippen molar-refractivity contribution in [1.82, 2.24) is 14.5 Å². The second-order valence-electron chi connectivity index (χ2n) is 5.06. The first-order valence-electron chi connectivity index (χ1n) is 6.44. The summed E-state index contributed by atoms with van der Waals surface area (Å²) in [5, 5.41) is 2.10. The van der Waals surface area contributed by atoms with Crippen molar-refractivity contribution >= 4 is 28.1 Å². The zero-order valence-electron chi connectivity index (χ0n) is 10.4. The van der Waals surface area contributed by atoms with E-state index in [9.17, 15) is 0 Å². The van der Waals surface area contributed by atoms with Gasteiger partial charge in [-0.15, -0.1) is 11.3 Å². The summed E-state index contributed by atoms with van der Waals surface area (Å²) >= 11 is 1.63. The molecule has 1 fully saturated rings. The van der Waals surface area contributed by atoms with Crippen LogP contribution in [0.5, 0.6) is 0 Å². The summed E-state index contributed by atoms with van der Waals surface area (Å²) in [5.41, 5.74) is 11.8. The standard InChI is InChI=1S/C14H14N4S/c15-10-3-4-13-12(5-10)17-14(9-1-2-9)18(13)6-11-7-19-8-16-11/h3-5,7-9H,1-2,6,15H2. The predicted molar refractivity (Wildman–Crippen MR) is 77.3 cm³/mol. The van der Waals surface area contributed by atoms with Crippen molar-refractivity contribution < 1.29 is 0 Å². The Bertz CT molecular complexity index is 725. The summed E-state index contributed by atoms with van der Waals surface area (Å²) in [4.78, 5) is 9.16. The summed E-state index contributed by atoms with van der Waals surface area (Å²) in [6, 6.07) is 5.97. The van der Waals surface area contributed by atoms with Gasteiger partial charge in [-0.2, -0.15) is 0 Å². The molecule has 0 radical (unpaired) electrons. The van der Waals surface area contributed by atoms with Gasteiger partial charge in [-0.1, -0.05) is 0 Å². The topological polar surface area (TPSA) is 56.7 Å². The molecular formula is C14H14N4S. The van der Waals surface area contributed by atoms with Gasteiger partial charge in [0.2, 0.25) is 0 Å². The third-order valence-corrected chi connectivity index (χ3v) is 4.18. The number of rotatable bonds is 3. The van der Waals surface area contributed by atoms with Crippen LogP contribution < -0.4 is 5.73 Å². The van der Waals surface area contributed by atoms with E-state index >= 15 is 0 Å². The maximum absolute atomic E-state index is 5.85. The first kappa shape index (κ1) is 11.0. The van der Waals surface area contributed by atoms with Gasteiger partial charge in [0, 0.05) is 17.0 Å². The first-order valence-corrected chi connectivity index (χ1v) is 7.38. The highest BCUT2D eigenvalue weighted by molar-refractivity contribution is 7.07. The molecule has 1 aromatic carbocycles. The molecule has 2 N–H and O–H groups in total. The number of nitrogen functional groups attached to an aromatic ring is 1. The second kappa shape index (κ2) is 4.06. The molecule has 4 rings (SSSR count). The van der Waals surface area contributed by atoms with Crippen molar-refractivity contribution in [2.24, 2.45) is 0 Å². The lowest BCUT2D eigenvalue weighted by molar-refractivity contribution is 0.735. The Labute approximate surface area is 114 Å². The van der Waals surface area contributed by atoms with Crippen molar-refractivity contribution in [2.45, 2.75) is 25.3 Å². The van der Waals surface area contributed by atoms with Crippen LogP contribution in [-0.2, 0) is 6.54 Å². The van der Waals surface area contributed by atoms with Crippen molar-refractivity contribution in [2.75, 3.05) is 5.73 Å². The number of nitrogens with two attached hydrogens (primary N) is 1. The van der Waals surface area contributed by atoms with Crippen molar-refractivity contribution in [3.8, 4) is 0 Å². The average Bonchev–Trinajstić information content (AvgIpc) is 3.00. The molecule has 0 saturated heterocycles. The van der Waals surface area contributed by atoms with Crippen LogP contribution in [0.1, 0.15) is 30.3 Å². The molecule has 2 heterocycles. The Balaban J connectivity index is 1.87. The number of nitrogens with zero attached hydrogens (tertiary/aromatic N) is 3. The molecule has 4 nitrogen and oxygen atoms in total. The summed E-state index contributed by atoms with van der Waals surface area (Å²) < 4.78 is 2.29. The highest BCUT2D eigenvalue weighted by atomic mass is 32.1. The lowest BCUT2D eigenvalue weighted by atomic mass is 10.3. The van der Waals surface area contributed by atoms with Gasteiger partial charge in [0.1, 0.15) is 5.82 Å². The Morgan fingerprint density at radius 1 is 1.37 bits per heavy atom. The third-order valence-electron chi connectivity index (χ3n) is 3.55. The lowest BCUT2D eigenvalue weighted by Gasteiger charge is -2.06. The van der Waals surface area contributed by atoms with Gasteiger partial charge in [0.05, 0.1) is 28.8 Å². The minimum absolute atomic E-state index is 0.618. The summed E-state index contributed by atoms with van der Waals surface area (Å²) in [6.07, 6.45) is 2.49. The Morgan fingerprint density at radius 2 is 2.26 bits per heavy atom. The quantitative estimate of drug-likeness (QED) is 0.744. The fourth-order valence-corrected chi connectivity index (χ4v) is 3.01. The van der Waals surface area contributed by atoms with Crippen LogP contribution >= 0.6 is 11.3 Å². The fourth-order valence-electron chi connectivity index (χ4n) is 2.46. The van der Waals surface area contributed by atoms with E-state index in [1.54, 1.807) is 11.3 Å². The molecule has 0 atom stereocenters. The van der Waals surface area contributed by atoms with Gasteiger partial charge < -0.3 is 10.3 Å². The van der Waals surface area contributed by atoms with Gasteiger partial charge in [0.25, 0.3) is 0 Å². The number of fused-ring (bicyclic) bond motifs is 1. The second-order valence-corrected chi connectivity index (χ2v) is 5.78. The molecule has 0 aliphatic heterocycles. The molecule has 0 spiro atoms. The van der Waals surface area contributed by atoms with E-state index in [-0.39, 0.29) is 0 Å². The van der Waals surface area contributed by atoms with Crippen molar-refractivity contribution in [3.63, 3.8) is 0 Å². The molecular weight excluding hydrogens is 256 g/mol. The molecule has 3 aromatic rings. The van der Waals surface area contributed by atoms with E-state index in [0.717, 1.165) is 29.0 Å². The van der Waals surface area contributed by atoms with Crippen molar-refractivity contribution in [3.05, 3.63) is 40.6 Å². The Kier molecular flexibility index (Phi) is 2.35. The maximum Gasteiger partial charge on any atom is 0.113 e. The van der Waals surface area contributed by atoms with Crippen LogP contribution in [0.25, 0.3) is 11.0 Å². The lowest BCUT2D eigenvalue weighted by Crippen LogP contribution is -2.04. The first-order chi connectivity index (χ1) is 9.31. The molecule has 1 saturated carbocycles. The number of benzene rings is 1. The van der Waals surface area contributed by atoms with Gasteiger partial charge in [-0.05, 0) is 31.0 Å². The Hall–Kier alpha value is -1.88. The number of hydrogen-bond acceptors (Lipinski definition) is 4. The van der Waals surface area contributed by atoms with Gasteiger partial charge in [0.15, 0.2) is 0 Å². The van der Waals surface area contributed by atoms with E-state index in [4.69, 9.17) is 10.7 Å². The van der Waals surface area contributed by atoms with E-state index in [0.29, 0.717) is 5.92 Å². The molecule has 1 aliphatic carbocycles. The van der Waals surface area contributed by atoms with E-state index < -0.39 is 0 Å². The maximum atomic E-state index is 5.85. The van der Waals surface area contributed by atoms with Crippen LogP contribution in [0.3, 0.4) is 0 Å². The number of anilines is 1. The van der Waals surface area contributed by atoms with Crippen LogP contribution in [0.15, 0.2) is 29.1 Å². The van der Waals surface area contributed by atoms with Gasteiger partial charge in [-0.25, -0.2) is 9.97 Å². The summed E-state index contributed by atoms with van der Waals surface area (Å²) in [5.74, 6) is 1.81. The third kappa shape index (κ3) is 1.90. The molecule has 0 amide bonds. The van der Waals surface area contributed by atoms with Crippen molar-refractivity contribution in [1.29, 1.82) is 0 Å². The molecule has 96 valence electrons. The number of imidazole rings is 1. The van der Waals surface area contributed by atoms with E-state index in [2.05, 4.69) is 21.0 Å². The normalized spacial score (nSPS) is 15.2. The fraction of sp³-hybridized carbons (Fsp3) is 0.286. The number of aromatic nitrogens is 3.